The van der Waals surface area contributed by atoms with E-state index >= 15 is 0 Å². The fourth-order valence-electron chi connectivity index (χ4n) is 9.67. The standard InChI is InChI=1S/C57H35N3O/c1-4-12-37(13-5-1)57-58-56-54(61-57)31-26-36-20-21-42-32-38(22-27-45(42)55(36)56)39-23-29-52-48(34-39)49-35-41(25-30-53(49)60(52)44-16-8-3-9-17-44)40-24-28-51-47(33-40)46-18-10-11-19-50(46)59(51)43-14-6-2-7-15-43/h1-35H. The Balaban J connectivity index is 0.971. The fraction of sp³-hybridized carbons (Fsp3) is 0. The number of aromatic nitrogens is 3. The summed E-state index contributed by atoms with van der Waals surface area (Å²) in [6, 6.07) is 76.4. The third kappa shape index (κ3) is 5.22. The molecule has 10 aromatic carbocycles. The van der Waals surface area contributed by atoms with E-state index in [1.54, 1.807) is 0 Å². The summed E-state index contributed by atoms with van der Waals surface area (Å²) in [6.45, 7) is 0. The van der Waals surface area contributed by atoms with Crippen LogP contribution in [-0.4, -0.2) is 14.1 Å². The molecular weight excluding hydrogens is 743 g/mol. The molecule has 13 aromatic rings. The normalized spacial score (nSPS) is 11.9. The lowest BCUT2D eigenvalue weighted by Crippen LogP contribution is -1.93. The minimum atomic E-state index is 0.638. The van der Waals surface area contributed by atoms with Crippen LogP contribution in [0.5, 0.6) is 0 Å². The van der Waals surface area contributed by atoms with Gasteiger partial charge in [0.25, 0.3) is 0 Å². The molecule has 0 saturated heterocycles. The van der Waals surface area contributed by atoms with E-state index < -0.39 is 0 Å². The van der Waals surface area contributed by atoms with E-state index in [0.717, 1.165) is 44.2 Å². The van der Waals surface area contributed by atoms with Crippen LogP contribution in [-0.2, 0) is 0 Å². The van der Waals surface area contributed by atoms with Crippen LogP contribution >= 0.6 is 0 Å². The van der Waals surface area contributed by atoms with E-state index in [1.807, 2.05) is 36.4 Å². The second-order valence-corrected chi connectivity index (χ2v) is 16.0. The highest BCUT2D eigenvalue weighted by molar-refractivity contribution is 6.19. The molecule has 0 saturated carbocycles. The third-order valence-electron chi connectivity index (χ3n) is 12.5. The van der Waals surface area contributed by atoms with Crippen molar-refractivity contribution in [2.75, 3.05) is 0 Å². The molecule has 0 atom stereocenters. The zero-order chi connectivity index (χ0) is 40.0. The van der Waals surface area contributed by atoms with Crippen molar-refractivity contribution in [2.45, 2.75) is 0 Å². The average molecular weight is 778 g/mol. The van der Waals surface area contributed by atoms with Crippen LogP contribution in [0.2, 0.25) is 0 Å². The van der Waals surface area contributed by atoms with E-state index in [0.29, 0.717) is 5.89 Å². The van der Waals surface area contributed by atoms with E-state index in [4.69, 9.17) is 9.40 Å². The number of nitrogens with zero attached hydrogens (tertiary/aromatic N) is 3. The smallest absolute Gasteiger partial charge is 0.227 e. The number of oxazole rings is 1. The van der Waals surface area contributed by atoms with E-state index in [-0.39, 0.29) is 0 Å². The highest BCUT2D eigenvalue weighted by Gasteiger charge is 2.18. The largest absolute Gasteiger partial charge is 0.436 e. The lowest BCUT2D eigenvalue weighted by molar-refractivity contribution is 0.620. The summed E-state index contributed by atoms with van der Waals surface area (Å²) in [5.41, 5.74) is 14.5. The lowest BCUT2D eigenvalue weighted by atomic mass is 9.96. The molecule has 0 aliphatic rings. The highest BCUT2D eigenvalue weighted by atomic mass is 16.3. The Bertz CT molecular complexity index is 3860. The summed E-state index contributed by atoms with van der Waals surface area (Å²) < 4.78 is 11.1. The molecule has 13 rings (SSSR count). The quantitative estimate of drug-likeness (QED) is 0.163. The summed E-state index contributed by atoms with van der Waals surface area (Å²) >= 11 is 0. The lowest BCUT2D eigenvalue weighted by Gasteiger charge is -2.10. The zero-order valence-electron chi connectivity index (χ0n) is 33.0. The number of para-hydroxylation sites is 3. The Morgan fingerprint density at radius 1 is 0.328 bits per heavy atom. The maximum atomic E-state index is 6.29. The molecule has 0 unspecified atom stereocenters. The second-order valence-electron chi connectivity index (χ2n) is 16.0. The van der Waals surface area contributed by atoms with Crippen LogP contribution in [0.1, 0.15) is 0 Å². The molecule has 0 spiro atoms. The number of rotatable bonds is 5. The number of hydrogen-bond donors (Lipinski definition) is 0. The average Bonchev–Trinajstić information content (AvgIpc) is 4.02. The molecule has 4 nitrogen and oxygen atoms in total. The molecule has 0 N–H and O–H groups in total. The number of benzene rings is 10. The first kappa shape index (κ1) is 33.7. The first-order valence-corrected chi connectivity index (χ1v) is 20.8. The molecule has 0 bridgehead atoms. The van der Waals surface area contributed by atoms with Crippen LogP contribution in [0, 0.1) is 0 Å². The van der Waals surface area contributed by atoms with Crippen LogP contribution in [0.25, 0.3) is 121 Å². The van der Waals surface area contributed by atoms with E-state index in [9.17, 15) is 0 Å². The Hall–Kier alpha value is -8.21. The van der Waals surface area contributed by atoms with Gasteiger partial charge in [-0.15, -0.1) is 0 Å². The first-order chi connectivity index (χ1) is 30.2. The van der Waals surface area contributed by atoms with Gasteiger partial charge in [-0.3, -0.25) is 0 Å². The Kier molecular flexibility index (Phi) is 7.27. The van der Waals surface area contributed by atoms with Crippen molar-refractivity contribution in [1.29, 1.82) is 0 Å². The SMILES string of the molecule is c1ccc(-c2nc3c(ccc4ccc5cc(-c6ccc7c(c6)c6cc(-c8ccc9c(c8)c8ccccc8n9-c8ccccc8)ccc6n7-c6ccccc6)ccc5c43)o2)cc1. The topological polar surface area (TPSA) is 35.9 Å². The maximum absolute atomic E-state index is 6.29. The molecule has 0 aliphatic heterocycles. The minimum absolute atomic E-state index is 0.638. The van der Waals surface area contributed by atoms with Crippen LogP contribution in [0.15, 0.2) is 217 Å². The zero-order valence-corrected chi connectivity index (χ0v) is 33.0. The maximum Gasteiger partial charge on any atom is 0.227 e. The fourth-order valence-corrected chi connectivity index (χ4v) is 9.67. The van der Waals surface area contributed by atoms with Crippen LogP contribution in [0.4, 0.5) is 0 Å². The molecule has 0 aliphatic carbocycles. The molecule has 3 heterocycles. The molecule has 284 valence electrons. The van der Waals surface area contributed by atoms with E-state index in [1.165, 1.54) is 71.3 Å². The van der Waals surface area contributed by atoms with E-state index in [2.05, 4.69) is 185 Å². The van der Waals surface area contributed by atoms with Crippen molar-refractivity contribution in [1.82, 2.24) is 14.1 Å². The van der Waals surface area contributed by atoms with Crippen molar-refractivity contribution in [3.63, 3.8) is 0 Å². The predicted octanol–water partition coefficient (Wildman–Crippen LogP) is 15.3. The Morgan fingerprint density at radius 3 is 1.43 bits per heavy atom. The summed E-state index contributed by atoms with van der Waals surface area (Å²) in [7, 11) is 0. The highest BCUT2D eigenvalue weighted by Crippen LogP contribution is 2.41. The summed E-state index contributed by atoms with van der Waals surface area (Å²) in [5.74, 6) is 0.638. The minimum Gasteiger partial charge on any atom is -0.436 e. The molecular formula is C57H35N3O. The van der Waals surface area contributed by atoms with Gasteiger partial charge in [-0.1, -0.05) is 121 Å². The summed E-state index contributed by atoms with van der Waals surface area (Å²) in [6.07, 6.45) is 0. The van der Waals surface area contributed by atoms with Gasteiger partial charge in [-0.25, -0.2) is 4.98 Å². The Morgan fingerprint density at radius 2 is 0.803 bits per heavy atom. The number of hydrogen-bond acceptors (Lipinski definition) is 2. The molecule has 61 heavy (non-hydrogen) atoms. The predicted molar refractivity (Wildman–Crippen MR) is 254 cm³/mol. The first-order valence-electron chi connectivity index (χ1n) is 20.8. The van der Waals surface area contributed by atoms with Gasteiger partial charge < -0.3 is 13.6 Å². The van der Waals surface area contributed by atoms with Crippen molar-refractivity contribution in [2.24, 2.45) is 0 Å². The van der Waals surface area contributed by atoms with Crippen LogP contribution in [0.3, 0.4) is 0 Å². The molecule has 4 heteroatoms. The summed E-state index contributed by atoms with van der Waals surface area (Å²) in [4.78, 5) is 5.03. The van der Waals surface area contributed by atoms with Gasteiger partial charge in [0, 0.05) is 43.9 Å². The molecule has 0 radical (unpaired) electrons. The Labute approximate surface area is 350 Å². The van der Waals surface area contributed by atoms with Gasteiger partial charge in [0.15, 0.2) is 5.58 Å². The van der Waals surface area contributed by atoms with Gasteiger partial charge >= 0.3 is 0 Å². The van der Waals surface area contributed by atoms with Gasteiger partial charge in [-0.05, 0) is 129 Å². The third-order valence-corrected chi connectivity index (χ3v) is 12.5. The van der Waals surface area contributed by atoms with Crippen LogP contribution < -0.4 is 0 Å². The number of fused-ring (bicyclic) bond motifs is 11. The molecule has 3 aromatic heterocycles. The van der Waals surface area contributed by atoms with Gasteiger partial charge in [0.2, 0.25) is 5.89 Å². The molecule has 0 amide bonds. The van der Waals surface area contributed by atoms with Crippen molar-refractivity contribution in [3.05, 3.63) is 212 Å². The second kappa shape index (κ2) is 13.2. The van der Waals surface area contributed by atoms with Gasteiger partial charge in [0.1, 0.15) is 5.52 Å². The van der Waals surface area contributed by atoms with Crippen molar-refractivity contribution < 1.29 is 4.42 Å². The monoisotopic (exact) mass is 777 g/mol. The molecule has 0 fully saturated rings. The van der Waals surface area contributed by atoms with Gasteiger partial charge in [0.05, 0.1) is 22.1 Å². The van der Waals surface area contributed by atoms with Crippen molar-refractivity contribution in [3.8, 4) is 45.1 Å². The summed E-state index contributed by atoms with van der Waals surface area (Å²) in [5, 5.41) is 9.53. The van der Waals surface area contributed by atoms with Gasteiger partial charge in [-0.2, -0.15) is 0 Å². The van der Waals surface area contributed by atoms with Crippen molar-refractivity contribution >= 4 is 76.3 Å².